The molecule has 8 rings (SSSR count). The molecule has 4 N–H and O–H groups in total. The van der Waals surface area contributed by atoms with Gasteiger partial charge in [0.05, 0.1) is 24.1 Å². The van der Waals surface area contributed by atoms with Crippen LogP contribution in [0.2, 0.25) is 0 Å². The van der Waals surface area contributed by atoms with Crippen molar-refractivity contribution in [2.75, 3.05) is 51.8 Å². The number of aromatic amines is 1. The molecule has 11 nitrogen and oxygen atoms in total. The first-order chi connectivity index (χ1) is 20.3. The Labute approximate surface area is 246 Å². The molecule has 0 spiro atoms. The highest BCUT2D eigenvalue weighted by Gasteiger charge is 2.51. The lowest BCUT2D eigenvalue weighted by Crippen LogP contribution is -2.55. The fraction of sp³-hybridized carbons (Fsp3) is 0.700. The van der Waals surface area contributed by atoms with Gasteiger partial charge >= 0.3 is 0 Å². The number of carbonyl (C=O) groups excluding carboxylic acids is 1. The van der Waals surface area contributed by atoms with Crippen LogP contribution in [0, 0.1) is 11.4 Å². The Hall–Kier alpha value is -2.80. The third-order valence-electron chi connectivity index (χ3n) is 10.8. The summed E-state index contributed by atoms with van der Waals surface area (Å²) in [6.07, 6.45) is 8.67. The number of amides is 1. The van der Waals surface area contributed by atoms with Gasteiger partial charge in [-0.25, -0.2) is 15.4 Å². The smallest absolute Gasteiger partial charge is 0.238 e. The molecule has 2 aromatic rings. The maximum absolute atomic E-state index is 14.6. The molecular formula is C30H44FN9O2. The molecule has 4 heterocycles. The Kier molecular flexibility index (Phi) is 7.15. The Balaban J connectivity index is 1.01. The minimum absolute atomic E-state index is 0.0187. The highest BCUT2D eigenvalue weighted by Crippen LogP contribution is 2.58. The molecule has 2 bridgehead atoms. The van der Waals surface area contributed by atoms with Crippen LogP contribution in [-0.2, 0) is 10.2 Å². The number of ether oxygens (including phenoxy) is 1. The predicted molar refractivity (Wildman–Crippen MR) is 156 cm³/mol. The molecule has 0 aromatic carbocycles. The van der Waals surface area contributed by atoms with Crippen molar-refractivity contribution in [3.8, 4) is 5.88 Å². The van der Waals surface area contributed by atoms with Crippen LogP contribution in [0.5, 0.6) is 5.88 Å². The Morgan fingerprint density at radius 1 is 1.12 bits per heavy atom. The molecule has 1 amide bonds. The van der Waals surface area contributed by atoms with Gasteiger partial charge in [-0.15, -0.1) is 5.10 Å². The second-order valence-corrected chi connectivity index (χ2v) is 13.2. The van der Waals surface area contributed by atoms with Crippen molar-refractivity contribution in [2.24, 2.45) is 5.41 Å². The summed E-state index contributed by atoms with van der Waals surface area (Å²) >= 11 is 0. The van der Waals surface area contributed by atoms with Crippen LogP contribution < -0.4 is 25.7 Å². The number of hydrazine groups is 1. The van der Waals surface area contributed by atoms with Crippen LogP contribution in [0.15, 0.2) is 12.1 Å². The van der Waals surface area contributed by atoms with Gasteiger partial charge in [0, 0.05) is 63.7 Å². The number of hydrogen-bond donors (Lipinski definition) is 4. The van der Waals surface area contributed by atoms with E-state index >= 15 is 0 Å². The number of nitrogens with one attached hydrogen (secondary N) is 4. The third-order valence-corrected chi connectivity index (χ3v) is 10.8. The van der Waals surface area contributed by atoms with E-state index in [-0.39, 0.29) is 29.2 Å². The van der Waals surface area contributed by atoms with Gasteiger partial charge in [-0.3, -0.25) is 20.5 Å². The first kappa shape index (κ1) is 28.0. The number of hydrogen-bond acceptors (Lipinski definition) is 9. The number of nitrogens with zero attached hydrogens (tertiary/aromatic N) is 5. The van der Waals surface area contributed by atoms with Crippen LogP contribution in [-0.4, -0.2) is 84.2 Å². The maximum Gasteiger partial charge on any atom is 0.238 e. The normalized spacial score (nSPS) is 31.6. The van der Waals surface area contributed by atoms with Crippen molar-refractivity contribution in [3.05, 3.63) is 35.0 Å². The fourth-order valence-corrected chi connectivity index (χ4v) is 7.93. The molecule has 6 fully saturated rings. The van der Waals surface area contributed by atoms with Crippen LogP contribution in [0.3, 0.4) is 0 Å². The van der Waals surface area contributed by atoms with Crippen LogP contribution >= 0.6 is 0 Å². The van der Waals surface area contributed by atoms with Crippen molar-refractivity contribution in [1.82, 2.24) is 41.1 Å². The molecular weight excluding hydrogens is 537 g/mol. The highest BCUT2D eigenvalue weighted by molar-refractivity contribution is 5.73. The van der Waals surface area contributed by atoms with Crippen molar-refractivity contribution >= 4 is 11.6 Å². The van der Waals surface area contributed by atoms with Crippen molar-refractivity contribution < 1.29 is 13.9 Å². The molecule has 2 aromatic heterocycles. The number of aromatic nitrogens is 3. The zero-order valence-corrected chi connectivity index (χ0v) is 25.0. The number of carbonyl (C=O) groups is 1. The summed E-state index contributed by atoms with van der Waals surface area (Å²) in [7, 11) is 3.73. The fourth-order valence-electron chi connectivity index (χ4n) is 7.93. The molecule has 4 saturated carbocycles. The Morgan fingerprint density at radius 2 is 1.83 bits per heavy atom. The maximum atomic E-state index is 14.6. The van der Waals surface area contributed by atoms with Gasteiger partial charge in [0.2, 0.25) is 17.7 Å². The summed E-state index contributed by atoms with van der Waals surface area (Å²) < 4.78 is 20.2. The van der Waals surface area contributed by atoms with E-state index in [1.807, 2.05) is 11.0 Å². The molecule has 2 aliphatic heterocycles. The van der Waals surface area contributed by atoms with E-state index in [1.165, 1.54) is 24.6 Å². The lowest BCUT2D eigenvalue weighted by atomic mass is 9.52. The summed E-state index contributed by atoms with van der Waals surface area (Å²) in [6.45, 7) is 5.46. The SMILES string of the molecule is COc1n[nH]c(C2CC2)c1C1NC(NCC23CCC(c4nc(F)ccc4N4CCN(C(C)=O)CC4)(CC2)CC3)N(C)N1. The zero-order chi connectivity index (χ0) is 29.1. The number of H-pyrrole nitrogens is 1. The van der Waals surface area contributed by atoms with Crippen molar-refractivity contribution in [1.29, 1.82) is 0 Å². The Morgan fingerprint density at radius 3 is 2.48 bits per heavy atom. The molecule has 4 aliphatic carbocycles. The number of methoxy groups -OCH3 is 1. The van der Waals surface area contributed by atoms with E-state index in [2.05, 4.69) is 48.2 Å². The molecule has 0 radical (unpaired) electrons. The molecule has 2 atom stereocenters. The number of fused-ring (bicyclic) bond motifs is 3. The first-order valence-electron chi connectivity index (χ1n) is 15.6. The average Bonchev–Trinajstić information content (AvgIpc) is 3.66. The van der Waals surface area contributed by atoms with Gasteiger partial charge < -0.3 is 14.5 Å². The lowest BCUT2D eigenvalue weighted by molar-refractivity contribution is -0.129. The van der Waals surface area contributed by atoms with Crippen molar-refractivity contribution in [3.63, 3.8) is 0 Å². The molecule has 42 heavy (non-hydrogen) atoms. The minimum atomic E-state index is -0.397. The minimum Gasteiger partial charge on any atom is -0.480 e. The summed E-state index contributed by atoms with van der Waals surface area (Å²) in [5, 5.41) is 17.2. The second-order valence-electron chi connectivity index (χ2n) is 13.2. The number of pyridine rings is 1. The van der Waals surface area contributed by atoms with Crippen LogP contribution in [0.1, 0.15) is 87.3 Å². The highest BCUT2D eigenvalue weighted by atomic mass is 19.1. The van der Waals surface area contributed by atoms with Gasteiger partial charge in [0.15, 0.2) is 0 Å². The van der Waals surface area contributed by atoms with Crippen LogP contribution in [0.25, 0.3) is 0 Å². The molecule has 2 unspecified atom stereocenters. The number of anilines is 1. The van der Waals surface area contributed by atoms with Gasteiger partial charge in [-0.1, -0.05) is 0 Å². The van der Waals surface area contributed by atoms with E-state index in [9.17, 15) is 9.18 Å². The van der Waals surface area contributed by atoms with E-state index in [4.69, 9.17) is 4.74 Å². The number of piperazine rings is 1. The van der Waals surface area contributed by atoms with Crippen LogP contribution in [0.4, 0.5) is 10.1 Å². The van der Waals surface area contributed by atoms with Gasteiger partial charge in [-0.05, 0) is 68.9 Å². The first-order valence-corrected chi connectivity index (χ1v) is 15.6. The monoisotopic (exact) mass is 581 g/mol. The topological polar surface area (TPSA) is 114 Å². The summed E-state index contributed by atoms with van der Waals surface area (Å²) in [6, 6.07) is 3.41. The lowest BCUT2D eigenvalue weighted by Gasteiger charge is -2.54. The Bertz CT molecular complexity index is 1300. The number of halogens is 1. The standard InChI is InChI=1S/C30H44FN9O2/c1-19(41)39-14-16-40(17-15-39)21-6-7-22(31)33-25(21)30-11-8-29(9-12-30,10-13-30)18-32-28-34-26(37-38(28)2)23-24(20-4-5-20)35-36-27(23)42-3/h6-7,20,26,28,32,34,37H,4-5,8-18H2,1-3H3,(H,35,36). The predicted octanol–water partition coefficient (Wildman–Crippen LogP) is 2.70. The van der Waals surface area contributed by atoms with E-state index in [1.54, 1.807) is 14.0 Å². The largest absolute Gasteiger partial charge is 0.480 e. The van der Waals surface area contributed by atoms with E-state index in [0.29, 0.717) is 24.9 Å². The molecule has 2 saturated heterocycles. The summed E-state index contributed by atoms with van der Waals surface area (Å²) in [5.74, 6) is 0.909. The molecule has 228 valence electrons. The van der Waals surface area contributed by atoms with E-state index in [0.717, 1.165) is 75.1 Å². The van der Waals surface area contributed by atoms with E-state index < -0.39 is 5.95 Å². The second kappa shape index (κ2) is 10.7. The molecule has 12 heteroatoms. The quantitative estimate of drug-likeness (QED) is 0.350. The van der Waals surface area contributed by atoms with Gasteiger partial charge in [-0.2, -0.15) is 4.39 Å². The molecule has 6 aliphatic rings. The third kappa shape index (κ3) is 4.95. The average molecular weight is 582 g/mol. The zero-order valence-electron chi connectivity index (χ0n) is 25.0. The summed E-state index contributed by atoms with van der Waals surface area (Å²) in [4.78, 5) is 20.6. The number of rotatable bonds is 8. The van der Waals surface area contributed by atoms with Gasteiger partial charge in [0.25, 0.3) is 0 Å². The van der Waals surface area contributed by atoms with Gasteiger partial charge in [0.1, 0.15) is 12.5 Å². The summed E-state index contributed by atoms with van der Waals surface area (Å²) in [5.41, 5.74) is 7.96. The van der Waals surface area contributed by atoms with Crippen molar-refractivity contribution in [2.45, 2.75) is 82.1 Å².